The van der Waals surface area contributed by atoms with Crippen molar-refractivity contribution < 1.29 is 19.5 Å². The minimum Gasteiger partial charge on any atom is -0.478 e. The summed E-state index contributed by atoms with van der Waals surface area (Å²) < 4.78 is 0. The maximum atomic E-state index is 11.2. The van der Waals surface area contributed by atoms with Crippen molar-refractivity contribution in [3.05, 3.63) is 49.1 Å². The van der Waals surface area contributed by atoms with Crippen LogP contribution in [0.15, 0.2) is 43.5 Å². The Bertz CT molecular complexity index is 524. The highest BCUT2D eigenvalue weighted by Crippen LogP contribution is 2.24. The quantitative estimate of drug-likeness (QED) is 0.701. The van der Waals surface area contributed by atoms with Crippen LogP contribution in [0.5, 0.6) is 0 Å². The van der Waals surface area contributed by atoms with Crippen molar-refractivity contribution >= 4 is 29.2 Å². The van der Waals surface area contributed by atoms with Crippen molar-refractivity contribution in [2.24, 2.45) is 0 Å². The fourth-order valence-corrected chi connectivity index (χ4v) is 1.36. The average molecular weight is 260 g/mol. The van der Waals surface area contributed by atoms with Gasteiger partial charge >= 0.3 is 5.97 Å². The lowest BCUT2D eigenvalue weighted by Gasteiger charge is -2.11. The summed E-state index contributed by atoms with van der Waals surface area (Å²) in [7, 11) is 0. The van der Waals surface area contributed by atoms with E-state index in [1.807, 2.05) is 0 Å². The lowest BCUT2D eigenvalue weighted by atomic mass is 10.1. The van der Waals surface area contributed by atoms with Gasteiger partial charge in [0.25, 0.3) is 0 Å². The molecule has 0 atom stereocenters. The van der Waals surface area contributed by atoms with Gasteiger partial charge in [0.05, 0.1) is 11.4 Å². The number of rotatable bonds is 5. The second-order valence-corrected chi connectivity index (χ2v) is 3.42. The summed E-state index contributed by atoms with van der Waals surface area (Å²) >= 11 is 0. The smallest absolute Gasteiger partial charge is 0.339 e. The van der Waals surface area contributed by atoms with Crippen LogP contribution in [0.25, 0.3) is 0 Å². The van der Waals surface area contributed by atoms with Crippen molar-refractivity contribution in [2.75, 3.05) is 10.6 Å². The number of carbonyl (C=O) groups is 3. The summed E-state index contributed by atoms with van der Waals surface area (Å²) in [5.74, 6) is -2.37. The van der Waals surface area contributed by atoms with Crippen LogP contribution in [-0.4, -0.2) is 22.9 Å². The van der Waals surface area contributed by atoms with E-state index in [0.717, 1.165) is 12.2 Å². The van der Waals surface area contributed by atoms with Gasteiger partial charge in [0.1, 0.15) is 5.56 Å². The first-order chi connectivity index (χ1) is 8.99. The number of aromatic carboxylic acids is 1. The highest BCUT2D eigenvalue weighted by Gasteiger charge is 2.17. The minimum atomic E-state index is -1.28. The molecule has 0 saturated carbocycles. The van der Waals surface area contributed by atoms with Crippen LogP contribution in [0.4, 0.5) is 11.4 Å². The predicted octanol–water partition coefficient (Wildman–Crippen LogP) is 1.63. The molecule has 0 fully saturated rings. The highest BCUT2D eigenvalue weighted by molar-refractivity contribution is 6.10. The first-order valence-corrected chi connectivity index (χ1v) is 5.22. The molecule has 6 nitrogen and oxygen atoms in total. The standard InChI is InChI=1S/C13H12N2O4/c1-3-10(16)14-8-6-5-7-9(12(8)13(18)19)15-11(17)4-2/h3-7H,1-2H2,(H,14,16)(H,15,17)(H,18,19). The second-order valence-electron chi connectivity index (χ2n) is 3.42. The molecule has 2 amide bonds. The van der Waals surface area contributed by atoms with E-state index in [4.69, 9.17) is 5.11 Å². The van der Waals surface area contributed by atoms with Crippen LogP contribution in [0.2, 0.25) is 0 Å². The third-order valence-corrected chi connectivity index (χ3v) is 2.16. The third-order valence-electron chi connectivity index (χ3n) is 2.16. The number of nitrogens with one attached hydrogen (secondary N) is 2. The molecule has 1 rings (SSSR count). The Morgan fingerprint density at radius 2 is 1.42 bits per heavy atom. The van der Waals surface area contributed by atoms with Gasteiger partial charge in [-0.15, -0.1) is 0 Å². The zero-order valence-corrected chi connectivity index (χ0v) is 9.97. The molecule has 1 aromatic carbocycles. The maximum absolute atomic E-state index is 11.2. The molecule has 3 N–H and O–H groups in total. The Morgan fingerprint density at radius 1 is 1.00 bits per heavy atom. The number of carboxylic acid groups (broad SMARTS) is 1. The summed E-state index contributed by atoms with van der Waals surface area (Å²) in [6, 6.07) is 4.33. The van der Waals surface area contributed by atoms with Gasteiger partial charge in [0, 0.05) is 0 Å². The molecule has 0 aromatic heterocycles. The van der Waals surface area contributed by atoms with E-state index in [9.17, 15) is 14.4 Å². The monoisotopic (exact) mass is 260 g/mol. The van der Waals surface area contributed by atoms with E-state index >= 15 is 0 Å². The van der Waals surface area contributed by atoms with Crippen molar-refractivity contribution in [2.45, 2.75) is 0 Å². The Labute approximate surface area is 109 Å². The number of amides is 2. The first kappa shape index (κ1) is 14.2. The molecule has 0 unspecified atom stereocenters. The fraction of sp³-hybridized carbons (Fsp3) is 0. The summed E-state index contributed by atoms with van der Waals surface area (Å²) in [6.45, 7) is 6.55. The van der Waals surface area contributed by atoms with E-state index in [1.54, 1.807) is 0 Å². The Balaban J connectivity index is 3.24. The van der Waals surface area contributed by atoms with E-state index in [1.165, 1.54) is 18.2 Å². The molecule has 0 bridgehead atoms. The molecule has 0 aliphatic heterocycles. The van der Waals surface area contributed by atoms with Crippen LogP contribution in [0, 0.1) is 0 Å². The zero-order chi connectivity index (χ0) is 14.4. The molecule has 0 saturated heterocycles. The molecule has 0 spiro atoms. The molecule has 98 valence electrons. The van der Waals surface area contributed by atoms with Gasteiger partial charge in [-0.25, -0.2) is 4.79 Å². The molecule has 0 aliphatic carbocycles. The molecular formula is C13H12N2O4. The van der Waals surface area contributed by atoms with E-state index in [2.05, 4.69) is 23.8 Å². The SMILES string of the molecule is C=CC(=O)Nc1cccc(NC(=O)C=C)c1C(=O)O. The van der Waals surface area contributed by atoms with Gasteiger partial charge < -0.3 is 15.7 Å². The first-order valence-electron chi connectivity index (χ1n) is 5.22. The minimum absolute atomic E-state index is 0.0688. The highest BCUT2D eigenvalue weighted by atomic mass is 16.4. The third kappa shape index (κ3) is 3.53. The molecule has 0 aliphatic rings. The normalized spacial score (nSPS) is 9.26. The molecular weight excluding hydrogens is 248 g/mol. The van der Waals surface area contributed by atoms with Gasteiger partial charge in [-0.05, 0) is 24.3 Å². The van der Waals surface area contributed by atoms with E-state index in [-0.39, 0.29) is 16.9 Å². The fourth-order valence-electron chi connectivity index (χ4n) is 1.36. The Hall–Kier alpha value is -2.89. The summed E-state index contributed by atoms with van der Waals surface area (Å²) in [6.07, 6.45) is 2.03. The van der Waals surface area contributed by atoms with Crippen molar-refractivity contribution in [3.8, 4) is 0 Å². The van der Waals surface area contributed by atoms with Crippen LogP contribution >= 0.6 is 0 Å². The maximum Gasteiger partial charge on any atom is 0.339 e. The van der Waals surface area contributed by atoms with E-state index in [0.29, 0.717) is 0 Å². The van der Waals surface area contributed by atoms with Gasteiger partial charge in [-0.1, -0.05) is 19.2 Å². The molecule has 0 radical (unpaired) electrons. The van der Waals surface area contributed by atoms with Crippen molar-refractivity contribution in [1.29, 1.82) is 0 Å². The topological polar surface area (TPSA) is 95.5 Å². The van der Waals surface area contributed by atoms with Gasteiger partial charge in [0.15, 0.2) is 0 Å². The number of hydrogen-bond donors (Lipinski definition) is 3. The van der Waals surface area contributed by atoms with Crippen LogP contribution in [0.1, 0.15) is 10.4 Å². The lowest BCUT2D eigenvalue weighted by molar-refractivity contribution is -0.112. The molecule has 19 heavy (non-hydrogen) atoms. The van der Waals surface area contributed by atoms with Crippen molar-refractivity contribution in [1.82, 2.24) is 0 Å². The Kier molecular flexibility index (Phi) is 4.59. The van der Waals surface area contributed by atoms with Crippen molar-refractivity contribution in [3.63, 3.8) is 0 Å². The number of benzene rings is 1. The van der Waals surface area contributed by atoms with Crippen LogP contribution in [0.3, 0.4) is 0 Å². The van der Waals surface area contributed by atoms with Gasteiger partial charge in [-0.3, -0.25) is 9.59 Å². The Morgan fingerprint density at radius 3 is 1.74 bits per heavy atom. The molecule has 1 aromatic rings. The average Bonchev–Trinajstić information content (AvgIpc) is 2.38. The predicted molar refractivity (Wildman–Crippen MR) is 71.1 cm³/mol. The number of anilines is 2. The summed E-state index contributed by atoms with van der Waals surface area (Å²) in [5, 5.41) is 13.9. The lowest BCUT2D eigenvalue weighted by Crippen LogP contribution is -2.16. The van der Waals surface area contributed by atoms with Gasteiger partial charge in [0.2, 0.25) is 11.8 Å². The number of carbonyl (C=O) groups excluding carboxylic acids is 2. The van der Waals surface area contributed by atoms with Crippen LogP contribution in [-0.2, 0) is 9.59 Å². The largest absolute Gasteiger partial charge is 0.478 e. The number of carboxylic acids is 1. The molecule has 0 heterocycles. The van der Waals surface area contributed by atoms with E-state index < -0.39 is 17.8 Å². The summed E-state index contributed by atoms with van der Waals surface area (Å²) in [5.41, 5.74) is -0.0774. The number of hydrogen-bond acceptors (Lipinski definition) is 3. The zero-order valence-electron chi connectivity index (χ0n) is 9.97. The molecule has 6 heteroatoms. The summed E-state index contributed by atoms with van der Waals surface area (Å²) in [4.78, 5) is 33.7. The second kappa shape index (κ2) is 6.15. The van der Waals surface area contributed by atoms with Crippen LogP contribution < -0.4 is 10.6 Å². The van der Waals surface area contributed by atoms with Gasteiger partial charge in [-0.2, -0.15) is 0 Å².